The smallest absolute Gasteiger partial charge is 0.375 e. The lowest BCUT2D eigenvalue weighted by atomic mass is 10.1. The molecular weight excluding hydrogens is 350 g/mol. The van der Waals surface area contributed by atoms with Crippen molar-refractivity contribution in [2.75, 3.05) is 0 Å². The van der Waals surface area contributed by atoms with Gasteiger partial charge in [-0.05, 0) is 29.2 Å². The minimum atomic E-state index is -4.24. The fraction of sp³-hybridized carbons (Fsp3) is 0.150. The van der Waals surface area contributed by atoms with Crippen LogP contribution in [0.1, 0.15) is 19.2 Å². The number of benzene rings is 2. The van der Waals surface area contributed by atoms with Crippen LogP contribution in [0.4, 0.5) is 0 Å². The predicted molar refractivity (Wildman–Crippen MR) is 102 cm³/mol. The molecule has 3 rings (SSSR count). The van der Waals surface area contributed by atoms with Crippen LogP contribution in [0.3, 0.4) is 0 Å². The first kappa shape index (κ1) is 18.1. The summed E-state index contributed by atoms with van der Waals surface area (Å²) in [5.74, 6) is -0.238. The highest BCUT2D eigenvalue weighted by molar-refractivity contribution is 7.84. The molecular formula is C20H20NO4S+. The third kappa shape index (κ3) is 3.92. The molecule has 3 aromatic rings. The summed E-state index contributed by atoms with van der Waals surface area (Å²) in [5.41, 5.74) is 3.97. The molecule has 1 aromatic heterocycles. The summed E-state index contributed by atoms with van der Waals surface area (Å²) >= 11 is 0. The summed E-state index contributed by atoms with van der Waals surface area (Å²) in [6.07, 6.45) is 4.16. The Labute approximate surface area is 152 Å². The van der Waals surface area contributed by atoms with Gasteiger partial charge in [0.05, 0.1) is 6.08 Å². The van der Waals surface area contributed by atoms with Crippen molar-refractivity contribution in [2.24, 2.45) is 0 Å². The minimum Gasteiger partial charge on any atom is -0.398 e. The van der Waals surface area contributed by atoms with E-state index in [0.717, 1.165) is 23.1 Å². The molecule has 0 saturated heterocycles. The zero-order valence-electron chi connectivity index (χ0n) is 14.4. The largest absolute Gasteiger partial charge is 0.398 e. The highest BCUT2D eigenvalue weighted by atomic mass is 32.2. The second-order valence-electron chi connectivity index (χ2n) is 5.90. The third-order valence-electron chi connectivity index (χ3n) is 4.11. The first-order valence-corrected chi connectivity index (χ1v) is 9.82. The van der Waals surface area contributed by atoms with E-state index in [1.165, 1.54) is 4.57 Å². The minimum absolute atomic E-state index is 0.347. The molecule has 1 heterocycles. The van der Waals surface area contributed by atoms with Crippen LogP contribution in [0.15, 0.2) is 71.2 Å². The van der Waals surface area contributed by atoms with Crippen molar-refractivity contribution in [3.05, 3.63) is 72.6 Å². The Kier molecular flexibility index (Phi) is 5.06. The number of aromatic nitrogens is 1. The van der Waals surface area contributed by atoms with Crippen molar-refractivity contribution < 1.29 is 22.0 Å². The maximum Gasteiger partial charge on any atom is 0.375 e. The molecule has 0 spiro atoms. The maximum absolute atomic E-state index is 11.5. The quantitative estimate of drug-likeness (QED) is 0.401. The number of oxazole rings is 1. The molecule has 0 radical (unpaired) electrons. The van der Waals surface area contributed by atoms with Crippen molar-refractivity contribution in [3.63, 3.8) is 0 Å². The van der Waals surface area contributed by atoms with Gasteiger partial charge in [0, 0.05) is 6.07 Å². The van der Waals surface area contributed by atoms with E-state index in [4.69, 9.17) is 4.42 Å². The van der Waals surface area contributed by atoms with Crippen LogP contribution >= 0.6 is 0 Å². The average molecular weight is 370 g/mol. The summed E-state index contributed by atoms with van der Waals surface area (Å²) in [5, 5.41) is 0. The number of hydrogen-bond acceptors (Lipinski definition) is 3. The van der Waals surface area contributed by atoms with Gasteiger partial charge in [0.2, 0.25) is 5.58 Å². The second-order valence-corrected chi connectivity index (χ2v) is 7.33. The number of hydrogen-bond donors (Lipinski definition) is 1. The lowest BCUT2D eigenvalue weighted by Crippen LogP contribution is -2.39. The molecule has 0 atom stereocenters. The van der Waals surface area contributed by atoms with E-state index in [9.17, 15) is 13.0 Å². The summed E-state index contributed by atoms with van der Waals surface area (Å²) in [6, 6.07) is 15.3. The van der Waals surface area contributed by atoms with Gasteiger partial charge in [0.25, 0.3) is 11.4 Å². The fourth-order valence-corrected chi connectivity index (χ4v) is 3.37. The van der Waals surface area contributed by atoms with Gasteiger partial charge in [-0.25, -0.2) is 0 Å². The van der Waals surface area contributed by atoms with E-state index in [2.05, 4.69) is 6.58 Å². The lowest BCUT2D eigenvalue weighted by molar-refractivity contribution is -0.658. The Morgan fingerprint density at radius 2 is 1.92 bits per heavy atom. The van der Waals surface area contributed by atoms with Crippen LogP contribution in [0.2, 0.25) is 0 Å². The van der Waals surface area contributed by atoms with Gasteiger partial charge in [-0.2, -0.15) is 8.42 Å². The normalized spacial score (nSPS) is 12.5. The molecule has 26 heavy (non-hydrogen) atoms. The van der Waals surface area contributed by atoms with Crippen LogP contribution in [-0.4, -0.2) is 13.0 Å². The van der Waals surface area contributed by atoms with E-state index in [-0.39, 0.29) is 0 Å². The number of fused-ring (bicyclic) bond motifs is 1. The average Bonchev–Trinajstić information content (AvgIpc) is 2.95. The Morgan fingerprint density at radius 3 is 2.54 bits per heavy atom. The van der Waals surface area contributed by atoms with E-state index in [1.54, 1.807) is 18.2 Å². The van der Waals surface area contributed by atoms with Gasteiger partial charge < -0.3 is 4.42 Å². The van der Waals surface area contributed by atoms with Gasteiger partial charge in [0.1, 0.15) is 0 Å². The van der Waals surface area contributed by atoms with Crippen LogP contribution in [-0.2, 0) is 16.0 Å². The molecule has 1 N–H and O–H groups in total. The molecule has 0 aliphatic carbocycles. The molecule has 0 saturated carbocycles. The zero-order valence-corrected chi connectivity index (χ0v) is 15.2. The van der Waals surface area contributed by atoms with Crippen molar-refractivity contribution in [3.8, 4) is 11.1 Å². The first-order valence-electron chi connectivity index (χ1n) is 8.21. The van der Waals surface area contributed by atoms with Gasteiger partial charge in [-0.1, -0.05) is 56.0 Å². The molecule has 0 bridgehead atoms. The van der Waals surface area contributed by atoms with E-state index < -0.39 is 16.0 Å². The predicted octanol–water partition coefficient (Wildman–Crippen LogP) is 4.21. The Morgan fingerprint density at radius 1 is 1.19 bits per heavy atom. The molecule has 134 valence electrons. The summed E-state index contributed by atoms with van der Waals surface area (Å²) < 4.78 is 39.7. The Bertz CT molecular complexity index is 1080. The SMILES string of the molecule is C=CC(=Cc1oc2ccc(-c3ccccc3)cc2[n+]1CS(=O)(=O)O)CC. The monoisotopic (exact) mass is 370 g/mol. The van der Waals surface area contributed by atoms with E-state index in [0.29, 0.717) is 17.0 Å². The maximum atomic E-state index is 11.5. The molecule has 0 amide bonds. The van der Waals surface area contributed by atoms with Crippen LogP contribution in [0, 0.1) is 0 Å². The van der Waals surface area contributed by atoms with E-state index in [1.807, 2.05) is 49.4 Å². The fourth-order valence-electron chi connectivity index (χ4n) is 2.78. The summed E-state index contributed by atoms with van der Waals surface area (Å²) in [6.45, 7) is 5.72. The lowest BCUT2D eigenvalue weighted by Gasteiger charge is -2.00. The van der Waals surface area contributed by atoms with Crippen LogP contribution < -0.4 is 4.57 Å². The molecule has 6 heteroatoms. The van der Waals surface area contributed by atoms with Crippen molar-refractivity contribution in [1.82, 2.24) is 0 Å². The molecule has 0 aliphatic heterocycles. The first-order chi connectivity index (χ1) is 12.4. The van der Waals surface area contributed by atoms with Crippen molar-refractivity contribution in [2.45, 2.75) is 19.2 Å². The van der Waals surface area contributed by atoms with Gasteiger partial charge >= 0.3 is 16.0 Å². The Hall–Kier alpha value is -2.70. The third-order valence-corrected chi connectivity index (χ3v) is 4.69. The molecule has 0 unspecified atom stereocenters. The second kappa shape index (κ2) is 7.27. The van der Waals surface area contributed by atoms with E-state index >= 15 is 0 Å². The highest BCUT2D eigenvalue weighted by Crippen LogP contribution is 2.25. The standard InChI is InChI=1S/C20H19NO4S/c1-3-15(4-2)12-20-21(14-26(22,23)24)18-13-17(10-11-19(18)25-20)16-8-6-5-7-9-16/h3,5-13H,1,4,14H2,2H3/p+1. The van der Waals surface area contributed by atoms with Crippen LogP contribution in [0.5, 0.6) is 0 Å². The van der Waals surface area contributed by atoms with Crippen molar-refractivity contribution >= 4 is 27.3 Å². The number of rotatable bonds is 6. The van der Waals surface area contributed by atoms with Crippen LogP contribution in [0.25, 0.3) is 28.3 Å². The summed E-state index contributed by atoms with van der Waals surface area (Å²) in [7, 11) is -4.24. The molecule has 0 fully saturated rings. The topological polar surface area (TPSA) is 71.4 Å². The van der Waals surface area contributed by atoms with Crippen molar-refractivity contribution in [1.29, 1.82) is 0 Å². The number of allylic oxidation sites excluding steroid dienone is 2. The number of nitrogens with zero attached hydrogens (tertiary/aromatic N) is 1. The van der Waals surface area contributed by atoms with Gasteiger partial charge in [-0.15, -0.1) is 4.57 Å². The summed E-state index contributed by atoms with van der Waals surface area (Å²) in [4.78, 5) is 0. The highest BCUT2D eigenvalue weighted by Gasteiger charge is 2.26. The van der Waals surface area contributed by atoms with Gasteiger partial charge in [0.15, 0.2) is 0 Å². The molecule has 2 aromatic carbocycles. The zero-order chi connectivity index (χ0) is 18.7. The van der Waals surface area contributed by atoms with Gasteiger partial charge in [-0.3, -0.25) is 4.55 Å². The molecule has 0 aliphatic rings. The Balaban J connectivity index is 2.23. The molecule has 5 nitrogen and oxygen atoms in total.